The number of phenolic OH excluding ortho intramolecular Hbond substituents is 1. The molecule has 1 aromatic carbocycles. The molecule has 6 nitrogen and oxygen atoms in total. The highest BCUT2D eigenvalue weighted by molar-refractivity contribution is 6.00. The van der Waals surface area contributed by atoms with E-state index in [-0.39, 0.29) is 35.4 Å². The Balaban J connectivity index is 2.01. The van der Waals surface area contributed by atoms with Crippen LogP contribution in [0.5, 0.6) is 5.75 Å². The van der Waals surface area contributed by atoms with E-state index in [4.69, 9.17) is 9.84 Å². The number of nitrogens with one attached hydrogen (secondary N) is 1. The highest BCUT2D eigenvalue weighted by atomic mass is 16.5. The van der Waals surface area contributed by atoms with Crippen molar-refractivity contribution in [2.45, 2.75) is 31.8 Å². The largest absolute Gasteiger partial charge is 0.508 e. The number of carbonyl (C=O) groups excluding carboxylic acids is 1. The van der Waals surface area contributed by atoms with Crippen molar-refractivity contribution >= 4 is 17.6 Å². The molecule has 1 heterocycles. The number of phenols is 1. The summed E-state index contributed by atoms with van der Waals surface area (Å²) in [7, 11) is 0. The molecule has 1 unspecified atom stereocenters. The smallest absolute Gasteiger partial charge is 0.337 e. The van der Waals surface area contributed by atoms with Crippen LogP contribution in [0, 0.1) is 0 Å². The predicted molar refractivity (Wildman–Crippen MR) is 71.9 cm³/mol. The van der Waals surface area contributed by atoms with Gasteiger partial charge in [-0.3, -0.25) is 4.79 Å². The Labute approximate surface area is 116 Å². The van der Waals surface area contributed by atoms with Gasteiger partial charge in [-0.25, -0.2) is 4.79 Å². The summed E-state index contributed by atoms with van der Waals surface area (Å²) in [6, 6.07) is 3.81. The van der Waals surface area contributed by atoms with Gasteiger partial charge in [0.2, 0.25) is 5.91 Å². The first kappa shape index (κ1) is 14.3. The van der Waals surface area contributed by atoms with Crippen LogP contribution in [-0.2, 0) is 9.53 Å². The molecule has 1 aromatic rings. The number of rotatable bonds is 4. The summed E-state index contributed by atoms with van der Waals surface area (Å²) in [5.41, 5.74) is 0.0408. The fourth-order valence-corrected chi connectivity index (χ4v) is 2.19. The number of benzene rings is 1. The van der Waals surface area contributed by atoms with E-state index >= 15 is 0 Å². The maximum atomic E-state index is 11.9. The van der Waals surface area contributed by atoms with Crippen molar-refractivity contribution in [2.24, 2.45) is 0 Å². The zero-order valence-electron chi connectivity index (χ0n) is 11.0. The molecule has 1 amide bonds. The summed E-state index contributed by atoms with van der Waals surface area (Å²) < 4.78 is 5.47. The van der Waals surface area contributed by atoms with Gasteiger partial charge in [0.25, 0.3) is 0 Å². The lowest BCUT2D eigenvalue weighted by molar-refractivity contribution is -0.119. The van der Waals surface area contributed by atoms with Crippen molar-refractivity contribution in [3.8, 4) is 5.75 Å². The molecule has 0 bridgehead atoms. The van der Waals surface area contributed by atoms with Crippen LogP contribution in [-0.4, -0.2) is 34.8 Å². The second-order valence-electron chi connectivity index (χ2n) is 4.78. The molecule has 0 spiro atoms. The number of ether oxygens (including phenoxy) is 1. The molecule has 0 aliphatic carbocycles. The highest BCUT2D eigenvalue weighted by Crippen LogP contribution is 2.22. The van der Waals surface area contributed by atoms with E-state index in [0.29, 0.717) is 6.61 Å². The van der Waals surface area contributed by atoms with E-state index in [9.17, 15) is 14.7 Å². The van der Waals surface area contributed by atoms with Gasteiger partial charge >= 0.3 is 5.97 Å². The first-order chi connectivity index (χ1) is 9.56. The number of carboxylic acid groups (broad SMARTS) is 1. The molecule has 0 aromatic heterocycles. The lowest BCUT2D eigenvalue weighted by Gasteiger charge is -2.22. The van der Waals surface area contributed by atoms with Crippen LogP contribution in [0.3, 0.4) is 0 Å². The standard InChI is InChI=1S/C14H17NO5/c16-9-4-5-12(11(7-9)14(18)19)15-13(17)8-10-3-1-2-6-20-10/h4-5,7,10,16H,1-3,6,8H2,(H,15,17)(H,18,19). The third-order valence-electron chi connectivity index (χ3n) is 3.19. The first-order valence-corrected chi connectivity index (χ1v) is 6.54. The fourth-order valence-electron chi connectivity index (χ4n) is 2.19. The van der Waals surface area contributed by atoms with Gasteiger partial charge < -0.3 is 20.3 Å². The molecular formula is C14H17NO5. The summed E-state index contributed by atoms with van der Waals surface area (Å²) in [6.45, 7) is 0.664. The molecule has 3 N–H and O–H groups in total. The Kier molecular flexibility index (Phi) is 4.57. The Morgan fingerprint density at radius 1 is 1.35 bits per heavy atom. The van der Waals surface area contributed by atoms with Crippen molar-refractivity contribution in [1.82, 2.24) is 0 Å². The van der Waals surface area contributed by atoms with E-state index < -0.39 is 5.97 Å². The Morgan fingerprint density at radius 2 is 2.15 bits per heavy atom. The van der Waals surface area contributed by atoms with Crippen molar-refractivity contribution in [1.29, 1.82) is 0 Å². The van der Waals surface area contributed by atoms with Crippen molar-refractivity contribution in [3.63, 3.8) is 0 Å². The van der Waals surface area contributed by atoms with Crippen molar-refractivity contribution < 1.29 is 24.5 Å². The van der Waals surface area contributed by atoms with Crippen LogP contribution in [0.15, 0.2) is 18.2 Å². The quantitative estimate of drug-likeness (QED) is 0.732. The molecule has 1 fully saturated rings. The van der Waals surface area contributed by atoms with Crippen LogP contribution in [0.1, 0.15) is 36.0 Å². The Hall–Kier alpha value is -2.08. The third kappa shape index (κ3) is 3.71. The zero-order chi connectivity index (χ0) is 14.5. The Bertz CT molecular complexity index is 508. The maximum Gasteiger partial charge on any atom is 0.337 e. The van der Waals surface area contributed by atoms with Gasteiger partial charge in [0, 0.05) is 6.61 Å². The third-order valence-corrected chi connectivity index (χ3v) is 3.19. The van der Waals surface area contributed by atoms with Crippen LogP contribution in [0.25, 0.3) is 0 Å². The van der Waals surface area contributed by atoms with Gasteiger partial charge in [0.15, 0.2) is 0 Å². The molecule has 108 valence electrons. The van der Waals surface area contributed by atoms with Gasteiger partial charge in [-0.2, -0.15) is 0 Å². The summed E-state index contributed by atoms with van der Waals surface area (Å²) in [5.74, 6) is -1.65. The number of aromatic hydroxyl groups is 1. The molecule has 6 heteroatoms. The lowest BCUT2D eigenvalue weighted by atomic mass is 10.1. The number of amides is 1. The average Bonchev–Trinajstić information content (AvgIpc) is 2.41. The second-order valence-corrected chi connectivity index (χ2v) is 4.78. The number of aromatic carboxylic acids is 1. The van der Waals surface area contributed by atoms with Crippen LogP contribution >= 0.6 is 0 Å². The van der Waals surface area contributed by atoms with Crippen molar-refractivity contribution in [2.75, 3.05) is 11.9 Å². The molecular weight excluding hydrogens is 262 g/mol. The fraction of sp³-hybridized carbons (Fsp3) is 0.429. The van der Waals surface area contributed by atoms with Gasteiger partial charge in [-0.15, -0.1) is 0 Å². The van der Waals surface area contributed by atoms with Gasteiger partial charge in [0.05, 0.1) is 23.8 Å². The lowest BCUT2D eigenvalue weighted by Crippen LogP contribution is -2.26. The first-order valence-electron chi connectivity index (χ1n) is 6.54. The second kappa shape index (κ2) is 6.38. The minimum atomic E-state index is -1.20. The average molecular weight is 279 g/mol. The number of hydrogen-bond acceptors (Lipinski definition) is 4. The number of anilines is 1. The molecule has 1 aliphatic rings. The van der Waals surface area contributed by atoms with E-state index in [1.165, 1.54) is 12.1 Å². The molecule has 0 radical (unpaired) electrons. The minimum Gasteiger partial charge on any atom is -0.508 e. The van der Waals surface area contributed by atoms with Crippen LogP contribution < -0.4 is 5.32 Å². The molecule has 1 saturated heterocycles. The van der Waals surface area contributed by atoms with Crippen LogP contribution in [0.4, 0.5) is 5.69 Å². The molecule has 20 heavy (non-hydrogen) atoms. The van der Waals surface area contributed by atoms with E-state index in [0.717, 1.165) is 25.3 Å². The van der Waals surface area contributed by atoms with E-state index in [2.05, 4.69) is 5.32 Å². The maximum absolute atomic E-state index is 11.9. The topological polar surface area (TPSA) is 95.9 Å². The van der Waals surface area contributed by atoms with Crippen molar-refractivity contribution in [3.05, 3.63) is 23.8 Å². The number of carbonyl (C=O) groups is 2. The van der Waals surface area contributed by atoms with Gasteiger partial charge in [-0.05, 0) is 37.5 Å². The zero-order valence-corrected chi connectivity index (χ0v) is 11.0. The summed E-state index contributed by atoms with van der Waals surface area (Å²) in [4.78, 5) is 23.0. The molecule has 1 aliphatic heterocycles. The summed E-state index contributed by atoms with van der Waals surface area (Å²) >= 11 is 0. The number of carboxylic acids is 1. The highest BCUT2D eigenvalue weighted by Gasteiger charge is 2.19. The number of hydrogen-bond donors (Lipinski definition) is 3. The Morgan fingerprint density at radius 3 is 2.80 bits per heavy atom. The molecule has 2 rings (SSSR count). The van der Waals surface area contributed by atoms with Gasteiger partial charge in [0.1, 0.15) is 5.75 Å². The molecule has 1 atom stereocenters. The monoisotopic (exact) mass is 279 g/mol. The predicted octanol–water partition coefficient (Wildman–Crippen LogP) is 1.99. The SMILES string of the molecule is O=C(CC1CCCCO1)Nc1ccc(O)cc1C(=O)O. The van der Waals surface area contributed by atoms with Gasteiger partial charge in [-0.1, -0.05) is 0 Å². The van der Waals surface area contributed by atoms with E-state index in [1.54, 1.807) is 0 Å². The normalized spacial score (nSPS) is 18.5. The minimum absolute atomic E-state index is 0.103. The van der Waals surface area contributed by atoms with E-state index in [1.807, 2.05) is 0 Å². The molecule has 0 saturated carbocycles. The summed E-state index contributed by atoms with van der Waals surface area (Å²) in [6.07, 6.45) is 3.00. The summed E-state index contributed by atoms with van der Waals surface area (Å²) in [5, 5.41) is 20.9. The van der Waals surface area contributed by atoms with Crippen LogP contribution in [0.2, 0.25) is 0 Å².